The van der Waals surface area contributed by atoms with Crippen molar-refractivity contribution in [2.45, 2.75) is 13.5 Å². The van der Waals surface area contributed by atoms with E-state index in [9.17, 15) is 9.90 Å². The number of nitrogens with zero attached hydrogens (tertiary/aromatic N) is 1. The number of hydrogen-bond acceptors (Lipinski definition) is 7. The lowest BCUT2D eigenvalue weighted by Crippen LogP contribution is -2.30. The van der Waals surface area contributed by atoms with Gasteiger partial charge in [-0.25, -0.2) is 0 Å². The first kappa shape index (κ1) is 22.8. The fraction of sp³-hybridized carbons (Fsp3) is 0.375. The Kier molecular flexibility index (Phi) is 7.68. The minimum atomic E-state index is -0.162. The fourth-order valence-electron chi connectivity index (χ4n) is 3.66. The van der Waals surface area contributed by atoms with Gasteiger partial charge in [-0.05, 0) is 25.1 Å². The van der Waals surface area contributed by atoms with Gasteiger partial charge < -0.3 is 23.7 Å². The maximum absolute atomic E-state index is 13.5. The van der Waals surface area contributed by atoms with Crippen LogP contribution in [0.25, 0.3) is 22.1 Å². The molecule has 0 bridgehead atoms. The molecule has 0 atom stereocenters. The standard InChI is InChI=1S/C24H29NO6/c1-16-22(17-7-5-6-8-21(17)30-4)23(27)18-9-10-20(26)19(24(18)31-16)15-25(11-13-28-2)12-14-29-3/h5-10,26H,11-15H2,1-4H3. The van der Waals surface area contributed by atoms with Gasteiger partial charge in [0, 0.05) is 39.4 Å². The van der Waals surface area contributed by atoms with E-state index < -0.39 is 0 Å². The third-order valence-electron chi connectivity index (χ3n) is 5.30. The third kappa shape index (κ3) is 4.90. The van der Waals surface area contributed by atoms with Crippen molar-refractivity contribution >= 4 is 11.0 Å². The van der Waals surface area contributed by atoms with E-state index in [0.29, 0.717) is 72.0 Å². The Bertz CT molecular complexity index is 1080. The number of phenols is 1. The van der Waals surface area contributed by atoms with Crippen LogP contribution in [-0.2, 0) is 16.0 Å². The number of rotatable bonds is 10. The van der Waals surface area contributed by atoms with E-state index in [1.165, 1.54) is 0 Å². The molecule has 0 aliphatic carbocycles. The molecule has 0 saturated heterocycles. The normalized spacial score (nSPS) is 11.4. The van der Waals surface area contributed by atoms with Crippen molar-refractivity contribution in [1.82, 2.24) is 4.90 Å². The highest BCUT2D eigenvalue weighted by molar-refractivity contribution is 5.87. The molecule has 0 aliphatic heterocycles. The molecule has 1 aromatic heterocycles. The van der Waals surface area contributed by atoms with Crippen LogP contribution in [0, 0.1) is 6.92 Å². The molecule has 0 aliphatic rings. The number of aromatic hydroxyl groups is 1. The zero-order valence-corrected chi connectivity index (χ0v) is 18.4. The van der Waals surface area contributed by atoms with Crippen molar-refractivity contribution in [1.29, 1.82) is 0 Å². The lowest BCUT2D eigenvalue weighted by atomic mass is 10.00. The maximum Gasteiger partial charge on any atom is 0.200 e. The van der Waals surface area contributed by atoms with Crippen LogP contribution in [0.5, 0.6) is 11.5 Å². The zero-order chi connectivity index (χ0) is 22.4. The van der Waals surface area contributed by atoms with Crippen molar-refractivity contribution in [3.8, 4) is 22.6 Å². The van der Waals surface area contributed by atoms with Crippen LogP contribution in [0.1, 0.15) is 11.3 Å². The molecule has 0 fully saturated rings. The van der Waals surface area contributed by atoms with Gasteiger partial charge in [0.1, 0.15) is 22.8 Å². The van der Waals surface area contributed by atoms with Crippen LogP contribution in [0.15, 0.2) is 45.6 Å². The number of aryl methyl sites for hydroxylation is 1. The van der Waals surface area contributed by atoms with Gasteiger partial charge in [-0.15, -0.1) is 0 Å². The summed E-state index contributed by atoms with van der Waals surface area (Å²) in [5.41, 5.74) is 1.93. The topological polar surface area (TPSA) is 81.4 Å². The summed E-state index contributed by atoms with van der Waals surface area (Å²) < 4.78 is 22.0. The third-order valence-corrected chi connectivity index (χ3v) is 5.30. The van der Waals surface area contributed by atoms with Crippen LogP contribution in [0.2, 0.25) is 0 Å². The molecule has 7 heteroatoms. The van der Waals surface area contributed by atoms with E-state index in [1.807, 2.05) is 24.3 Å². The Balaban J connectivity index is 2.13. The lowest BCUT2D eigenvalue weighted by molar-refractivity contribution is 0.110. The second-order valence-corrected chi connectivity index (χ2v) is 7.26. The van der Waals surface area contributed by atoms with Gasteiger partial charge in [-0.2, -0.15) is 0 Å². The van der Waals surface area contributed by atoms with E-state index in [0.717, 1.165) is 0 Å². The van der Waals surface area contributed by atoms with Gasteiger partial charge in [-0.3, -0.25) is 9.69 Å². The molecule has 0 spiro atoms. The van der Waals surface area contributed by atoms with Gasteiger partial charge in [0.25, 0.3) is 0 Å². The van der Waals surface area contributed by atoms with E-state index in [2.05, 4.69) is 4.90 Å². The second-order valence-electron chi connectivity index (χ2n) is 7.26. The smallest absolute Gasteiger partial charge is 0.200 e. The Hall–Kier alpha value is -2.87. The van der Waals surface area contributed by atoms with Crippen LogP contribution >= 0.6 is 0 Å². The van der Waals surface area contributed by atoms with Gasteiger partial charge in [-0.1, -0.05) is 18.2 Å². The van der Waals surface area contributed by atoms with E-state index in [-0.39, 0.29) is 11.2 Å². The quantitative estimate of drug-likeness (QED) is 0.530. The molecule has 2 aromatic carbocycles. The molecule has 1 heterocycles. The van der Waals surface area contributed by atoms with Gasteiger partial charge in [0.05, 0.1) is 36.8 Å². The average Bonchev–Trinajstić information content (AvgIpc) is 2.77. The second kappa shape index (κ2) is 10.4. The molecule has 0 unspecified atom stereocenters. The van der Waals surface area contributed by atoms with Gasteiger partial charge in [0.15, 0.2) is 0 Å². The van der Waals surface area contributed by atoms with E-state index >= 15 is 0 Å². The maximum atomic E-state index is 13.5. The Labute approximate surface area is 181 Å². The highest BCUT2D eigenvalue weighted by Gasteiger charge is 2.21. The van der Waals surface area contributed by atoms with Crippen molar-refractivity contribution in [3.63, 3.8) is 0 Å². The number of ether oxygens (including phenoxy) is 3. The average molecular weight is 427 g/mol. The number of benzene rings is 2. The summed E-state index contributed by atoms with van der Waals surface area (Å²) in [5.74, 6) is 1.15. The fourth-order valence-corrected chi connectivity index (χ4v) is 3.66. The molecule has 1 N–H and O–H groups in total. The molecule has 0 radical (unpaired) electrons. The number of fused-ring (bicyclic) bond motifs is 1. The Morgan fingerprint density at radius 2 is 1.68 bits per heavy atom. The predicted molar refractivity (Wildman–Crippen MR) is 120 cm³/mol. The first-order valence-corrected chi connectivity index (χ1v) is 10.1. The Morgan fingerprint density at radius 3 is 2.32 bits per heavy atom. The highest BCUT2D eigenvalue weighted by atomic mass is 16.5. The molecule has 7 nitrogen and oxygen atoms in total. The summed E-state index contributed by atoms with van der Waals surface area (Å²) in [7, 11) is 4.86. The van der Waals surface area contributed by atoms with E-state index in [4.69, 9.17) is 18.6 Å². The number of phenolic OH excluding ortho intramolecular Hbond substituents is 1. The molecule has 0 saturated carbocycles. The van der Waals surface area contributed by atoms with Crippen molar-refractivity contribution in [2.75, 3.05) is 47.6 Å². The summed E-state index contributed by atoms with van der Waals surface area (Å²) in [6, 6.07) is 10.5. The van der Waals surface area contributed by atoms with Crippen LogP contribution in [0.4, 0.5) is 0 Å². The summed E-state index contributed by atoms with van der Waals surface area (Å²) in [6.45, 7) is 4.53. The summed E-state index contributed by atoms with van der Waals surface area (Å²) in [5, 5.41) is 11.0. The molecular formula is C24H29NO6. The largest absolute Gasteiger partial charge is 0.507 e. The first-order valence-electron chi connectivity index (χ1n) is 10.1. The summed E-state index contributed by atoms with van der Waals surface area (Å²) >= 11 is 0. The minimum absolute atomic E-state index is 0.0833. The number of methoxy groups -OCH3 is 3. The predicted octanol–water partition coefficient (Wildman–Crippen LogP) is 3.58. The van der Waals surface area contributed by atoms with Crippen LogP contribution in [-0.4, -0.2) is 57.6 Å². The van der Waals surface area contributed by atoms with Gasteiger partial charge in [0.2, 0.25) is 5.43 Å². The van der Waals surface area contributed by atoms with Crippen molar-refractivity contribution in [3.05, 3.63) is 57.9 Å². The molecule has 166 valence electrons. The molecule has 3 rings (SSSR count). The molecule has 3 aromatic rings. The van der Waals surface area contributed by atoms with Crippen molar-refractivity contribution in [2.24, 2.45) is 0 Å². The molecular weight excluding hydrogens is 398 g/mol. The van der Waals surface area contributed by atoms with Crippen molar-refractivity contribution < 1.29 is 23.7 Å². The molecule has 31 heavy (non-hydrogen) atoms. The SMILES string of the molecule is COCCN(CCOC)Cc1c(O)ccc2c(=O)c(-c3ccccc3OC)c(C)oc12. The number of hydrogen-bond donors (Lipinski definition) is 1. The minimum Gasteiger partial charge on any atom is -0.507 e. The Morgan fingerprint density at radius 1 is 1.00 bits per heavy atom. The summed E-state index contributed by atoms with van der Waals surface area (Å²) in [4.78, 5) is 15.5. The summed E-state index contributed by atoms with van der Waals surface area (Å²) in [6.07, 6.45) is 0. The van der Waals surface area contributed by atoms with Crippen LogP contribution < -0.4 is 10.2 Å². The first-order chi connectivity index (χ1) is 15.0. The molecule has 0 amide bonds. The van der Waals surface area contributed by atoms with E-state index in [1.54, 1.807) is 40.4 Å². The lowest BCUT2D eigenvalue weighted by Gasteiger charge is -2.22. The highest BCUT2D eigenvalue weighted by Crippen LogP contribution is 2.34. The van der Waals surface area contributed by atoms with Crippen LogP contribution in [0.3, 0.4) is 0 Å². The number of para-hydroxylation sites is 1. The van der Waals surface area contributed by atoms with Gasteiger partial charge >= 0.3 is 0 Å². The zero-order valence-electron chi connectivity index (χ0n) is 18.4. The monoisotopic (exact) mass is 427 g/mol.